The number of nitriles is 1. The molecule has 0 amide bonds. The minimum atomic E-state index is 0.363. The van der Waals surface area contributed by atoms with Crippen molar-refractivity contribution in [3.63, 3.8) is 0 Å². The molecule has 0 radical (unpaired) electrons. The van der Waals surface area contributed by atoms with Gasteiger partial charge in [0.2, 0.25) is 0 Å². The minimum absolute atomic E-state index is 0.363. The highest BCUT2D eigenvalue weighted by Gasteiger charge is 2.35. The van der Waals surface area contributed by atoms with Crippen molar-refractivity contribution < 1.29 is 9.47 Å². The van der Waals surface area contributed by atoms with E-state index >= 15 is 0 Å². The van der Waals surface area contributed by atoms with Crippen molar-refractivity contribution in [2.45, 2.75) is 18.9 Å². The molecule has 0 unspecified atom stereocenters. The molecule has 2 aromatic carbocycles. The van der Waals surface area contributed by atoms with E-state index in [4.69, 9.17) is 9.47 Å². The van der Waals surface area contributed by atoms with Gasteiger partial charge in [0.15, 0.2) is 11.5 Å². The average molecular weight is 320 g/mol. The van der Waals surface area contributed by atoms with Crippen LogP contribution in [0.4, 0.5) is 0 Å². The Morgan fingerprint density at radius 3 is 2.67 bits per heavy atom. The molecule has 4 rings (SSSR count). The Morgan fingerprint density at radius 1 is 1.17 bits per heavy atom. The smallest absolute Gasteiger partial charge is 0.179 e. The number of fused-ring (bicyclic) bond motifs is 2. The van der Waals surface area contributed by atoms with Crippen LogP contribution in [0.15, 0.2) is 24.3 Å². The molecular weight excluding hydrogens is 300 g/mol. The first-order valence-corrected chi connectivity index (χ1v) is 8.20. The third-order valence-corrected chi connectivity index (χ3v) is 5.32. The summed E-state index contributed by atoms with van der Waals surface area (Å²) in [6, 6.07) is 11.1. The summed E-state index contributed by atoms with van der Waals surface area (Å²) >= 11 is 0. The summed E-state index contributed by atoms with van der Waals surface area (Å²) in [6.45, 7) is 1.06. The molecule has 0 saturated carbocycles. The van der Waals surface area contributed by atoms with Gasteiger partial charge in [0.1, 0.15) is 6.07 Å². The monoisotopic (exact) mass is 320 g/mol. The topological polar surface area (TPSA) is 45.5 Å². The molecule has 4 heteroatoms. The molecule has 0 saturated heterocycles. The lowest BCUT2D eigenvalue weighted by Crippen LogP contribution is -2.35. The van der Waals surface area contributed by atoms with Crippen LogP contribution in [-0.2, 0) is 12.8 Å². The average Bonchev–Trinajstić information content (AvgIpc) is 2.62. The fraction of sp³-hybridized carbons (Fsp3) is 0.350. The Balaban J connectivity index is 2.07. The summed E-state index contributed by atoms with van der Waals surface area (Å²) < 4.78 is 11.2. The molecular formula is C20H20N2O2. The van der Waals surface area contributed by atoms with Gasteiger partial charge in [0.05, 0.1) is 19.8 Å². The van der Waals surface area contributed by atoms with Gasteiger partial charge in [-0.3, -0.25) is 4.90 Å². The maximum absolute atomic E-state index is 9.50. The number of benzene rings is 2. The standard InChI is InChI=1S/C20H20N2O2/c1-22-8-7-12-5-4-6-15-17(12)16(22)10-13-9-14(11-21)19(23-2)20(24-3)18(13)15/h4-6,9,16H,7-8,10H2,1-3H3/t16-/m1/s1. The molecule has 1 aliphatic carbocycles. The molecule has 2 aliphatic rings. The maximum Gasteiger partial charge on any atom is 0.179 e. The van der Waals surface area contributed by atoms with Gasteiger partial charge in [0, 0.05) is 18.2 Å². The van der Waals surface area contributed by atoms with Crippen LogP contribution >= 0.6 is 0 Å². The van der Waals surface area contributed by atoms with E-state index in [9.17, 15) is 5.26 Å². The number of ether oxygens (including phenoxy) is 2. The number of hydrogen-bond acceptors (Lipinski definition) is 4. The second-order valence-corrected chi connectivity index (χ2v) is 6.47. The summed E-state index contributed by atoms with van der Waals surface area (Å²) in [5.41, 5.74) is 6.82. The van der Waals surface area contributed by atoms with E-state index in [1.165, 1.54) is 16.7 Å². The first-order chi connectivity index (χ1) is 11.7. The highest BCUT2D eigenvalue weighted by molar-refractivity contribution is 5.84. The fourth-order valence-corrected chi connectivity index (χ4v) is 4.21. The van der Waals surface area contributed by atoms with E-state index in [0.717, 1.165) is 30.5 Å². The van der Waals surface area contributed by atoms with Crippen molar-refractivity contribution in [2.24, 2.45) is 0 Å². The lowest BCUT2D eigenvalue weighted by atomic mass is 9.76. The number of hydrogen-bond donors (Lipinski definition) is 0. The van der Waals surface area contributed by atoms with Crippen LogP contribution in [0.3, 0.4) is 0 Å². The third kappa shape index (κ3) is 1.95. The molecule has 24 heavy (non-hydrogen) atoms. The van der Waals surface area contributed by atoms with Crippen LogP contribution in [0.2, 0.25) is 0 Å². The number of methoxy groups -OCH3 is 2. The predicted molar refractivity (Wildman–Crippen MR) is 92.5 cm³/mol. The number of nitrogens with zero attached hydrogens (tertiary/aromatic N) is 2. The summed E-state index contributed by atoms with van der Waals surface area (Å²) in [7, 11) is 5.42. The van der Waals surface area contributed by atoms with E-state index in [-0.39, 0.29) is 0 Å². The highest BCUT2D eigenvalue weighted by Crippen LogP contribution is 2.51. The number of rotatable bonds is 2. The summed E-state index contributed by atoms with van der Waals surface area (Å²) in [4.78, 5) is 2.41. The van der Waals surface area contributed by atoms with Gasteiger partial charge in [-0.2, -0.15) is 5.26 Å². The van der Waals surface area contributed by atoms with Crippen LogP contribution < -0.4 is 9.47 Å². The second-order valence-electron chi connectivity index (χ2n) is 6.47. The van der Waals surface area contributed by atoms with Gasteiger partial charge in [-0.25, -0.2) is 0 Å². The molecule has 0 spiro atoms. The van der Waals surface area contributed by atoms with Gasteiger partial charge in [-0.1, -0.05) is 18.2 Å². The molecule has 1 atom stereocenters. The molecule has 2 aromatic rings. The van der Waals surface area contributed by atoms with E-state index in [1.807, 2.05) is 6.07 Å². The summed E-state index contributed by atoms with van der Waals surface area (Å²) in [5, 5.41) is 9.50. The van der Waals surface area contributed by atoms with Crippen LogP contribution in [0.5, 0.6) is 11.5 Å². The van der Waals surface area contributed by atoms with Gasteiger partial charge >= 0.3 is 0 Å². The molecule has 1 heterocycles. The Kier molecular flexibility index (Phi) is 3.47. The molecule has 0 N–H and O–H groups in total. The summed E-state index contributed by atoms with van der Waals surface area (Å²) in [5.74, 6) is 1.20. The van der Waals surface area contributed by atoms with E-state index in [1.54, 1.807) is 14.2 Å². The van der Waals surface area contributed by atoms with E-state index in [0.29, 0.717) is 23.1 Å². The van der Waals surface area contributed by atoms with Gasteiger partial charge in [-0.05, 0) is 48.2 Å². The largest absolute Gasteiger partial charge is 0.492 e. The van der Waals surface area contributed by atoms with Crippen LogP contribution in [0.25, 0.3) is 11.1 Å². The quantitative estimate of drug-likeness (QED) is 0.851. The molecule has 0 aromatic heterocycles. The fourth-order valence-electron chi connectivity index (χ4n) is 4.21. The Morgan fingerprint density at radius 2 is 1.96 bits per heavy atom. The van der Waals surface area contributed by atoms with E-state index < -0.39 is 0 Å². The molecule has 1 aliphatic heterocycles. The zero-order valence-corrected chi connectivity index (χ0v) is 14.2. The number of likely N-dealkylation sites (N-methyl/N-ethyl adjacent to an activating group) is 1. The lowest BCUT2D eigenvalue weighted by Gasteiger charge is -2.40. The Bertz CT molecular complexity index is 867. The SMILES string of the molecule is COc1c(C#N)cc2c(c1OC)-c1cccc3c1[C@@H](C2)N(C)CC3. The predicted octanol–water partition coefficient (Wildman–Crippen LogP) is 3.33. The Hall–Kier alpha value is -2.51. The second kappa shape index (κ2) is 5.54. The first kappa shape index (κ1) is 15.0. The van der Waals surface area contributed by atoms with Crippen molar-refractivity contribution in [1.29, 1.82) is 5.26 Å². The minimum Gasteiger partial charge on any atom is -0.492 e. The van der Waals surface area contributed by atoms with E-state index in [2.05, 4.69) is 36.2 Å². The van der Waals surface area contributed by atoms with Crippen molar-refractivity contribution in [2.75, 3.05) is 27.8 Å². The summed E-state index contributed by atoms with van der Waals surface area (Å²) in [6.07, 6.45) is 1.96. The van der Waals surface area contributed by atoms with Crippen molar-refractivity contribution in [3.8, 4) is 28.7 Å². The zero-order valence-electron chi connectivity index (χ0n) is 14.2. The van der Waals surface area contributed by atoms with Crippen LogP contribution in [0, 0.1) is 11.3 Å². The maximum atomic E-state index is 9.50. The third-order valence-electron chi connectivity index (χ3n) is 5.32. The normalized spacial score (nSPS) is 18.3. The van der Waals surface area contributed by atoms with Gasteiger partial charge in [0.25, 0.3) is 0 Å². The van der Waals surface area contributed by atoms with Crippen molar-refractivity contribution in [1.82, 2.24) is 4.90 Å². The van der Waals surface area contributed by atoms with Crippen molar-refractivity contribution >= 4 is 0 Å². The lowest BCUT2D eigenvalue weighted by molar-refractivity contribution is 0.228. The first-order valence-electron chi connectivity index (χ1n) is 8.20. The molecule has 0 fully saturated rings. The van der Waals surface area contributed by atoms with Crippen LogP contribution in [-0.4, -0.2) is 32.7 Å². The Labute approximate surface area is 142 Å². The van der Waals surface area contributed by atoms with Gasteiger partial charge < -0.3 is 9.47 Å². The highest BCUT2D eigenvalue weighted by atomic mass is 16.5. The molecule has 4 nitrogen and oxygen atoms in total. The van der Waals surface area contributed by atoms with Crippen LogP contribution in [0.1, 0.15) is 28.3 Å². The zero-order chi connectivity index (χ0) is 16.8. The van der Waals surface area contributed by atoms with Crippen molar-refractivity contribution in [3.05, 3.63) is 46.5 Å². The van der Waals surface area contributed by atoms with Gasteiger partial charge in [-0.15, -0.1) is 0 Å². The molecule has 0 bridgehead atoms. The molecule has 122 valence electrons.